The second-order valence-electron chi connectivity index (χ2n) is 9.09. The van der Waals surface area contributed by atoms with Crippen LogP contribution in [0.2, 0.25) is 0 Å². The normalized spacial score (nSPS) is 20.3. The van der Waals surface area contributed by atoms with Gasteiger partial charge in [-0.2, -0.15) is 0 Å². The van der Waals surface area contributed by atoms with Crippen LogP contribution in [0.1, 0.15) is 26.5 Å². The summed E-state index contributed by atoms with van der Waals surface area (Å²) in [7, 11) is 8.10. The van der Waals surface area contributed by atoms with Crippen molar-refractivity contribution in [2.75, 3.05) is 15.5 Å². The number of anilines is 1. The first-order valence-corrected chi connectivity index (χ1v) is 15.0. The molecule has 1 unspecified atom stereocenters. The number of thiazole rings is 1. The number of hydrogen-bond donors (Lipinski definition) is 2. The summed E-state index contributed by atoms with van der Waals surface area (Å²) in [6, 6.07) is -1.35. The number of nitrogens with zero attached hydrogens (tertiary/aromatic N) is 3. The lowest BCUT2D eigenvalue weighted by molar-refractivity contribution is -0.149. The number of rotatable bonds is 9. The van der Waals surface area contributed by atoms with Gasteiger partial charge in [-0.15, -0.1) is 11.3 Å². The summed E-state index contributed by atoms with van der Waals surface area (Å²) in [5.74, 6) is -4.76. The smallest absolute Gasteiger partial charge is 0.413 e. The molecular formula is C21H20B2IN5O10S2. The van der Waals surface area contributed by atoms with Crippen LogP contribution in [0.4, 0.5) is 9.93 Å². The largest absolute Gasteiger partial charge is 0.539 e. The van der Waals surface area contributed by atoms with Gasteiger partial charge < -0.3 is 24.2 Å². The molecule has 3 heterocycles. The van der Waals surface area contributed by atoms with Gasteiger partial charge in [-0.1, -0.05) is 27.7 Å². The first kappa shape index (κ1) is 32.3. The number of β-lactam (4-membered cyclic amide) rings is 1. The van der Waals surface area contributed by atoms with Crippen molar-refractivity contribution >= 4 is 102 Å². The van der Waals surface area contributed by atoms with Crippen LogP contribution in [0, 0.1) is 0 Å². The summed E-state index contributed by atoms with van der Waals surface area (Å²) in [5, 5.41) is 8.61. The van der Waals surface area contributed by atoms with Crippen LogP contribution in [0.5, 0.6) is 0 Å². The van der Waals surface area contributed by atoms with Crippen LogP contribution in [-0.2, 0) is 48.9 Å². The highest BCUT2D eigenvalue weighted by molar-refractivity contribution is 14.1. The van der Waals surface area contributed by atoms with E-state index >= 15 is 0 Å². The number of aromatic nitrogens is 1. The van der Waals surface area contributed by atoms with Crippen molar-refractivity contribution in [1.29, 1.82) is 0 Å². The van der Waals surface area contributed by atoms with Gasteiger partial charge in [0.25, 0.3) is 11.8 Å². The van der Waals surface area contributed by atoms with Gasteiger partial charge in [0.1, 0.15) is 28.4 Å². The highest BCUT2D eigenvalue weighted by Gasteiger charge is 2.57. The van der Waals surface area contributed by atoms with E-state index in [1.807, 2.05) is 22.6 Å². The van der Waals surface area contributed by atoms with Gasteiger partial charge in [0.2, 0.25) is 5.76 Å². The van der Waals surface area contributed by atoms with Gasteiger partial charge >= 0.3 is 34.1 Å². The van der Waals surface area contributed by atoms with Crippen molar-refractivity contribution in [1.82, 2.24) is 15.2 Å². The van der Waals surface area contributed by atoms with E-state index in [1.165, 1.54) is 5.38 Å². The third kappa shape index (κ3) is 7.34. The van der Waals surface area contributed by atoms with E-state index in [4.69, 9.17) is 25.7 Å². The minimum Gasteiger partial charge on any atom is -0.539 e. The number of carbonyl (C=O) groups is 5. The van der Waals surface area contributed by atoms with Crippen LogP contribution in [0.15, 0.2) is 34.1 Å². The van der Waals surface area contributed by atoms with Crippen LogP contribution in [0.25, 0.3) is 0 Å². The standard InChI is InChI=1S/C21H20B2IN5O10S2/c1-8(17(32)37-22)39-28-11(10-6-40-19(25-10)27-20(34)36-21(2,3)4)14(30)26-12-15(31)29-13(18(33)38-23)9(5-24)7-41(35)16(12)29/h6,12,16H,1,5,7H2,2-4H3,(H,26,30)(H,25,27,34)/b28-11-/t12-,16-,41?/m1/s1. The van der Waals surface area contributed by atoms with Crippen LogP contribution < -0.4 is 10.6 Å². The molecule has 3 rings (SSSR count). The molecule has 0 aliphatic carbocycles. The Labute approximate surface area is 255 Å². The third-order valence-corrected chi connectivity index (χ3v) is 8.44. The molecule has 15 nitrogen and oxygen atoms in total. The van der Waals surface area contributed by atoms with Crippen molar-refractivity contribution in [3.8, 4) is 0 Å². The fourth-order valence-electron chi connectivity index (χ4n) is 3.45. The number of amides is 3. The summed E-state index contributed by atoms with van der Waals surface area (Å²) in [4.78, 5) is 72.2. The summed E-state index contributed by atoms with van der Waals surface area (Å²) in [6.07, 6.45) is -0.817. The van der Waals surface area contributed by atoms with Gasteiger partial charge in [-0.3, -0.25) is 24.0 Å². The van der Waals surface area contributed by atoms with Crippen LogP contribution >= 0.6 is 33.9 Å². The van der Waals surface area contributed by atoms with Crippen molar-refractivity contribution in [3.63, 3.8) is 0 Å². The molecule has 2 aliphatic heterocycles. The number of carbonyl (C=O) groups excluding carboxylic acids is 5. The molecule has 0 spiro atoms. The average Bonchev–Trinajstić information content (AvgIpc) is 3.36. The van der Waals surface area contributed by atoms with Crippen molar-refractivity contribution < 1.29 is 47.1 Å². The number of fused-ring (bicyclic) bond motifs is 1. The zero-order chi connectivity index (χ0) is 30.6. The van der Waals surface area contributed by atoms with E-state index in [1.54, 1.807) is 20.8 Å². The number of nitrogens with one attached hydrogen (secondary N) is 2. The highest BCUT2D eigenvalue weighted by Crippen LogP contribution is 2.36. The first-order valence-electron chi connectivity index (χ1n) is 11.2. The quantitative estimate of drug-likeness (QED) is 0.0515. The van der Waals surface area contributed by atoms with E-state index in [0.29, 0.717) is 5.57 Å². The monoisotopic (exact) mass is 715 g/mol. The number of hydrogen-bond acceptors (Lipinski definition) is 13. The molecule has 0 saturated carbocycles. The molecule has 2 N–H and O–H groups in total. The summed E-state index contributed by atoms with van der Waals surface area (Å²) in [6.45, 7) is 8.26. The van der Waals surface area contributed by atoms with Gasteiger partial charge in [-0.25, -0.2) is 19.4 Å². The third-order valence-electron chi connectivity index (χ3n) is 5.10. The minimum absolute atomic E-state index is 0.00984. The molecule has 1 aromatic heterocycles. The molecule has 20 heteroatoms. The minimum atomic E-state index is -1.71. The Kier molecular flexibility index (Phi) is 10.3. The molecule has 3 amide bonds. The molecule has 0 aromatic carbocycles. The van der Waals surface area contributed by atoms with Crippen molar-refractivity contribution in [2.45, 2.75) is 37.8 Å². The van der Waals surface area contributed by atoms with E-state index in [2.05, 4.69) is 36.7 Å². The summed E-state index contributed by atoms with van der Waals surface area (Å²) >= 11 is 2.83. The number of alkyl halides is 1. The Morgan fingerprint density at radius 1 is 1.29 bits per heavy atom. The molecular weight excluding hydrogens is 695 g/mol. The molecule has 4 radical (unpaired) electrons. The molecule has 1 fully saturated rings. The molecule has 1 aromatic rings. The lowest BCUT2D eigenvalue weighted by Gasteiger charge is -2.49. The van der Waals surface area contributed by atoms with E-state index < -0.39 is 69.1 Å². The Morgan fingerprint density at radius 2 is 1.98 bits per heavy atom. The highest BCUT2D eigenvalue weighted by atomic mass is 127. The van der Waals surface area contributed by atoms with Crippen molar-refractivity contribution in [2.24, 2.45) is 5.16 Å². The van der Waals surface area contributed by atoms with Crippen LogP contribution in [0.3, 0.4) is 0 Å². The Bertz CT molecular complexity index is 1390. The first-order chi connectivity index (χ1) is 19.2. The van der Waals surface area contributed by atoms with Gasteiger partial charge in [0, 0.05) is 9.81 Å². The molecule has 41 heavy (non-hydrogen) atoms. The maximum atomic E-state index is 13.3. The second-order valence-corrected chi connectivity index (χ2v) is 12.2. The van der Waals surface area contributed by atoms with Crippen molar-refractivity contribution in [3.05, 3.63) is 34.7 Å². The van der Waals surface area contributed by atoms with E-state index in [9.17, 15) is 28.2 Å². The van der Waals surface area contributed by atoms with E-state index in [-0.39, 0.29) is 26.7 Å². The second kappa shape index (κ2) is 13.1. The maximum Gasteiger partial charge on any atom is 0.413 e. The number of ether oxygens (including phenoxy) is 1. The van der Waals surface area contributed by atoms with Gasteiger partial charge in [-0.05, 0) is 32.9 Å². The molecule has 1 saturated heterocycles. The summed E-state index contributed by atoms with van der Waals surface area (Å²) in [5.41, 5.74) is -1.27. The Balaban J connectivity index is 1.87. The Morgan fingerprint density at radius 3 is 2.56 bits per heavy atom. The lowest BCUT2D eigenvalue weighted by Crippen LogP contribution is -2.74. The van der Waals surface area contributed by atoms with Crippen LogP contribution in [-0.4, -0.2) is 92.9 Å². The predicted molar refractivity (Wildman–Crippen MR) is 154 cm³/mol. The predicted octanol–water partition coefficient (Wildman–Crippen LogP) is 0.0824. The number of oxime groups is 1. The SMILES string of the molecule is [B]OC(=O)C(=C)O/N=C(\C(=O)N[C@@H]1C(=O)N2C(C(=O)O[B])=C(CI)CS(=O)[C@H]12)c1csc(NC(=O)OC(C)(C)C)n1. The number of halogens is 1. The molecule has 2 aliphatic rings. The average molecular weight is 715 g/mol. The summed E-state index contributed by atoms with van der Waals surface area (Å²) < 4.78 is 26.7. The molecule has 0 bridgehead atoms. The topological polar surface area (TPSA) is 192 Å². The molecule has 3 atom stereocenters. The maximum absolute atomic E-state index is 13.3. The zero-order valence-electron chi connectivity index (χ0n) is 21.6. The lowest BCUT2D eigenvalue weighted by atomic mass is 10.0. The molecule has 214 valence electrons. The zero-order valence-corrected chi connectivity index (χ0v) is 25.4. The van der Waals surface area contributed by atoms with Gasteiger partial charge in [0.15, 0.2) is 10.8 Å². The fraction of sp³-hybridized carbons (Fsp3) is 0.381. The fourth-order valence-corrected chi connectivity index (χ4v) is 6.81. The van der Waals surface area contributed by atoms with Gasteiger partial charge in [0.05, 0.1) is 16.6 Å². The van der Waals surface area contributed by atoms with E-state index in [0.717, 1.165) is 16.2 Å². The Hall–Kier alpha value is -3.26.